The Kier molecular flexibility index (Phi) is 5.62. The van der Waals surface area contributed by atoms with E-state index < -0.39 is 0 Å². The van der Waals surface area contributed by atoms with E-state index in [2.05, 4.69) is 10.5 Å². The summed E-state index contributed by atoms with van der Waals surface area (Å²) in [7, 11) is 0. The van der Waals surface area contributed by atoms with Gasteiger partial charge in [-0.2, -0.15) is 5.10 Å². The number of amides is 1. The van der Waals surface area contributed by atoms with Gasteiger partial charge in [-0.3, -0.25) is 4.79 Å². The lowest BCUT2D eigenvalue weighted by Crippen LogP contribution is -2.19. The maximum absolute atomic E-state index is 11.7. The SMILES string of the molecule is O=C(Cc1ccc(Cl)cc1)N/N=C/c1ccc(Cl)cc1Cl. The lowest BCUT2D eigenvalue weighted by Gasteiger charge is -2.01. The smallest absolute Gasteiger partial charge is 0.244 e. The van der Waals surface area contributed by atoms with Crippen molar-refractivity contribution in [3.05, 3.63) is 68.7 Å². The van der Waals surface area contributed by atoms with Gasteiger partial charge in [0, 0.05) is 15.6 Å². The van der Waals surface area contributed by atoms with Crippen molar-refractivity contribution < 1.29 is 4.79 Å². The maximum Gasteiger partial charge on any atom is 0.244 e. The zero-order chi connectivity index (χ0) is 15.2. The number of rotatable bonds is 4. The monoisotopic (exact) mass is 340 g/mol. The fourth-order valence-corrected chi connectivity index (χ4v) is 2.19. The molecule has 6 heteroatoms. The number of benzene rings is 2. The molecule has 0 unspecified atom stereocenters. The number of halogens is 3. The van der Waals surface area contributed by atoms with E-state index in [0.29, 0.717) is 20.6 Å². The average molecular weight is 342 g/mol. The topological polar surface area (TPSA) is 41.5 Å². The van der Waals surface area contributed by atoms with Crippen LogP contribution in [-0.2, 0) is 11.2 Å². The van der Waals surface area contributed by atoms with E-state index in [1.807, 2.05) is 0 Å². The Bertz CT molecular complexity index is 669. The molecule has 2 rings (SSSR count). The molecule has 0 bridgehead atoms. The molecule has 0 aliphatic carbocycles. The summed E-state index contributed by atoms with van der Waals surface area (Å²) >= 11 is 17.6. The van der Waals surface area contributed by atoms with Crippen molar-refractivity contribution in [3.63, 3.8) is 0 Å². The van der Waals surface area contributed by atoms with Gasteiger partial charge in [-0.05, 0) is 29.8 Å². The van der Waals surface area contributed by atoms with Gasteiger partial charge in [0.25, 0.3) is 0 Å². The van der Waals surface area contributed by atoms with E-state index in [-0.39, 0.29) is 12.3 Å². The maximum atomic E-state index is 11.7. The first-order chi connectivity index (χ1) is 10.0. The Labute approximate surface area is 137 Å². The first kappa shape index (κ1) is 15.8. The van der Waals surface area contributed by atoms with Crippen molar-refractivity contribution in [1.29, 1.82) is 0 Å². The number of carbonyl (C=O) groups excluding carboxylic acids is 1. The molecular weight excluding hydrogens is 331 g/mol. The lowest BCUT2D eigenvalue weighted by molar-refractivity contribution is -0.120. The summed E-state index contributed by atoms with van der Waals surface area (Å²) in [4.78, 5) is 11.7. The van der Waals surface area contributed by atoms with E-state index in [9.17, 15) is 4.79 Å². The number of carbonyl (C=O) groups is 1. The van der Waals surface area contributed by atoms with Gasteiger partial charge in [-0.15, -0.1) is 0 Å². The highest BCUT2D eigenvalue weighted by Gasteiger charge is 2.02. The Morgan fingerprint density at radius 1 is 1.05 bits per heavy atom. The molecule has 0 saturated carbocycles. The van der Waals surface area contributed by atoms with E-state index >= 15 is 0 Å². The lowest BCUT2D eigenvalue weighted by atomic mass is 10.1. The van der Waals surface area contributed by atoms with Crippen molar-refractivity contribution in [2.75, 3.05) is 0 Å². The number of hydrazone groups is 1. The normalized spacial score (nSPS) is 10.8. The van der Waals surface area contributed by atoms with Gasteiger partial charge in [0.15, 0.2) is 0 Å². The molecule has 0 aliphatic rings. The van der Waals surface area contributed by atoms with Crippen molar-refractivity contribution in [2.24, 2.45) is 5.10 Å². The summed E-state index contributed by atoms with van der Waals surface area (Å²) in [5, 5.41) is 5.52. The van der Waals surface area contributed by atoms with Gasteiger partial charge >= 0.3 is 0 Å². The largest absolute Gasteiger partial charge is 0.273 e. The van der Waals surface area contributed by atoms with Crippen LogP contribution in [0, 0.1) is 0 Å². The van der Waals surface area contributed by atoms with Gasteiger partial charge in [-0.25, -0.2) is 5.43 Å². The summed E-state index contributed by atoms with van der Waals surface area (Å²) in [6.45, 7) is 0. The second-order valence-electron chi connectivity index (χ2n) is 4.26. The van der Waals surface area contributed by atoms with Crippen molar-refractivity contribution in [3.8, 4) is 0 Å². The molecule has 0 spiro atoms. The molecule has 0 heterocycles. The van der Waals surface area contributed by atoms with Crippen LogP contribution in [-0.4, -0.2) is 12.1 Å². The molecule has 108 valence electrons. The van der Waals surface area contributed by atoms with E-state index in [1.54, 1.807) is 42.5 Å². The number of hydrogen-bond acceptors (Lipinski definition) is 2. The molecule has 0 aliphatic heterocycles. The Balaban J connectivity index is 1.91. The average Bonchev–Trinajstić information content (AvgIpc) is 2.44. The van der Waals surface area contributed by atoms with Gasteiger partial charge in [-0.1, -0.05) is 53.0 Å². The fraction of sp³-hybridized carbons (Fsp3) is 0.0667. The Morgan fingerprint density at radius 2 is 1.71 bits per heavy atom. The van der Waals surface area contributed by atoms with Crippen LogP contribution >= 0.6 is 34.8 Å². The van der Waals surface area contributed by atoms with Crippen LogP contribution in [0.5, 0.6) is 0 Å². The summed E-state index contributed by atoms with van der Waals surface area (Å²) < 4.78 is 0. The summed E-state index contributed by atoms with van der Waals surface area (Å²) in [5.41, 5.74) is 3.97. The van der Waals surface area contributed by atoms with Crippen LogP contribution in [0.2, 0.25) is 15.1 Å². The molecule has 0 atom stereocenters. The van der Waals surface area contributed by atoms with Crippen LogP contribution in [0.4, 0.5) is 0 Å². The molecule has 2 aromatic rings. The minimum atomic E-state index is -0.223. The van der Waals surface area contributed by atoms with Gasteiger partial charge < -0.3 is 0 Å². The highest BCUT2D eigenvalue weighted by atomic mass is 35.5. The standard InChI is InChI=1S/C15H11Cl3N2O/c16-12-4-1-10(2-5-12)7-15(21)20-19-9-11-3-6-13(17)8-14(11)18/h1-6,8-9H,7H2,(H,20,21)/b19-9+. The number of nitrogens with one attached hydrogen (secondary N) is 1. The molecule has 1 amide bonds. The third-order valence-electron chi connectivity index (χ3n) is 2.63. The van der Waals surface area contributed by atoms with Crippen LogP contribution in [0.25, 0.3) is 0 Å². The molecule has 2 aromatic carbocycles. The number of hydrogen-bond donors (Lipinski definition) is 1. The molecule has 0 fully saturated rings. The minimum Gasteiger partial charge on any atom is -0.273 e. The molecule has 0 radical (unpaired) electrons. The summed E-state index contributed by atoms with van der Waals surface area (Å²) in [6, 6.07) is 12.1. The molecule has 1 N–H and O–H groups in total. The van der Waals surface area contributed by atoms with Gasteiger partial charge in [0.1, 0.15) is 0 Å². The van der Waals surface area contributed by atoms with Crippen molar-refractivity contribution in [2.45, 2.75) is 6.42 Å². The first-order valence-electron chi connectivity index (χ1n) is 6.06. The molecular formula is C15H11Cl3N2O. The summed E-state index contributed by atoms with van der Waals surface area (Å²) in [5.74, 6) is -0.223. The van der Waals surface area contributed by atoms with Crippen molar-refractivity contribution in [1.82, 2.24) is 5.43 Å². The van der Waals surface area contributed by atoms with Gasteiger partial charge in [0.2, 0.25) is 5.91 Å². The molecule has 3 nitrogen and oxygen atoms in total. The van der Waals surface area contributed by atoms with E-state index in [4.69, 9.17) is 34.8 Å². The van der Waals surface area contributed by atoms with Crippen LogP contribution in [0.1, 0.15) is 11.1 Å². The Hall–Kier alpha value is -1.55. The molecule has 0 aromatic heterocycles. The summed E-state index contributed by atoms with van der Waals surface area (Å²) in [6.07, 6.45) is 1.70. The molecule has 21 heavy (non-hydrogen) atoms. The van der Waals surface area contributed by atoms with Crippen LogP contribution < -0.4 is 5.43 Å². The van der Waals surface area contributed by atoms with E-state index in [1.165, 1.54) is 6.21 Å². The minimum absolute atomic E-state index is 0.223. The predicted octanol–water partition coefficient (Wildman–Crippen LogP) is 4.34. The zero-order valence-corrected chi connectivity index (χ0v) is 13.1. The van der Waals surface area contributed by atoms with Crippen LogP contribution in [0.3, 0.4) is 0 Å². The quantitative estimate of drug-likeness (QED) is 0.652. The second kappa shape index (κ2) is 7.46. The zero-order valence-electron chi connectivity index (χ0n) is 10.8. The van der Waals surface area contributed by atoms with Crippen molar-refractivity contribution >= 4 is 46.9 Å². The highest BCUT2D eigenvalue weighted by molar-refractivity contribution is 6.36. The highest BCUT2D eigenvalue weighted by Crippen LogP contribution is 2.19. The molecule has 0 saturated heterocycles. The first-order valence-corrected chi connectivity index (χ1v) is 7.19. The number of nitrogens with zero attached hydrogens (tertiary/aromatic N) is 1. The third-order valence-corrected chi connectivity index (χ3v) is 3.45. The van der Waals surface area contributed by atoms with E-state index in [0.717, 1.165) is 5.56 Å². The second-order valence-corrected chi connectivity index (χ2v) is 5.54. The van der Waals surface area contributed by atoms with Gasteiger partial charge in [0.05, 0.1) is 17.7 Å². The third kappa shape index (κ3) is 5.05. The predicted molar refractivity (Wildman–Crippen MR) is 87.4 cm³/mol. The Morgan fingerprint density at radius 3 is 2.38 bits per heavy atom. The van der Waals surface area contributed by atoms with Crippen LogP contribution in [0.15, 0.2) is 47.6 Å². The fourth-order valence-electron chi connectivity index (χ4n) is 1.61.